The summed E-state index contributed by atoms with van der Waals surface area (Å²) in [5.74, 6) is 0.170. The summed E-state index contributed by atoms with van der Waals surface area (Å²) >= 11 is -2.35. The maximum atomic E-state index is 11.4. The molecule has 0 aromatic heterocycles. The third-order valence-electron chi connectivity index (χ3n) is 5.82. The van der Waals surface area contributed by atoms with Gasteiger partial charge in [-0.1, -0.05) is 0 Å². The molecule has 1 unspecified atom stereocenters. The molecule has 0 aromatic carbocycles. The molecule has 23 heavy (non-hydrogen) atoms. The Hall–Kier alpha value is -0.0500. The van der Waals surface area contributed by atoms with Crippen molar-refractivity contribution < 1.29 is 27.5 Å². The van der Waals surface area contributed by atoms with E-state index in [1.165, 1.54) is 0 Å². The number of rotatable bonds is 7. The molecular weight excluding hydrogens is 320 g/mol. The summed E-state index contributed by atoms with van der Waals surface area (Å²) in [7, 11) is 3.45. The number of aliphatic hydroxyl groups is 1. The third kappa shape index (κ3) is 4.96. The van der Waals surface area contributed by atoms with Crippen molar-refractivity contribution in [2.45, 2.75) is 69.2 Å². The van der Waals surface area contributed by atoms with E-state index >= 15 is 0 Å². The van der Waals surface area contributed by atoms with Crippen molar-refractivity contribution in [3.8, 4) is 0 Å². The second kappa shape index (κ2) is 8.87. The van der Waals surface area contributed by atoms with E-state index in [4.69, 9.17) is 18.2 Å². The zero-order valence-corrected chi connectivity index (χ0v) is 14.9. The monoisotopic (exact) mass is 350 g/mol. The molecule has 0 saturated heterocycles. The van der Waals surface area contributed by atoms with E-state index in [1.54, 1.807) is 14.2 Å². The molecule has 1 atom stereocenters. The summed E-state index contributed by atoms with van der Waals surface area (Å²) in [5.41, 5.74) is -1.05. The maximum absolute atomic E-state index is 11.4. The highest BCUT2D eigenvalue weighted by Crippen LogP contribution is 2.43. The van der Waals surface area contributed by atoms with E-state index in [1.807, 2.05) is 0 Å². The molecule has 0 spiro atoms. The van der Waals surface area contributed by atoms with Gasteiger partial charge in [-0.3, -0.25) is 8.74 Å². The van der Waals surface area contributed by atoms with Gasteiger partial charge in [0.15, 0.2) is 0 Å². The molecule has 7 heteroatoms. The van der Waals surface area contributed by atoms with Crippen LogP contribution < -0.4 is 0 Å². The van der Waals surface area contributed by atoms with Crippen LogP contribution in [0, 0.1) is 11.8 Å². The maximum Gasteiger partial charge on any atom is 0.301 e. The van der Waals surface area contributed by atoms with Crippen LogP contribution in [-0.4, -0.2) is 52.5 Å². The molecule has 0 heterocycles. The number of ether oxygens (including phenoxy) is 2. The van der Waals surface area contributed by atoms with Crippen LogP contribution in [0.2, 0.25) is 0 Å². The average Bonchev–Trinajstić information content (AvgIpc) is 2.59. The van der Waals surface area contributed by atoms with Gasteiger partial charge in [-0.25, -0.2) is 0 Å². The van der Waals surface area contributed by atoms with Crippen LogP contribution in [0.5, 0.6) is 0 Å². The van der Waals surface area contributed by atoms with E-state index in [2.05, 4.69) is 0 Å². The molecule has 2 fully saturated rings. The number of hydrogen-bond acceptors (Lipinski definition) is 5. The normalized spacial score (nSPS) is 36.3. The summed E-state index contributed by atoms with van der Waals surface area (Å²) in [6.07, 6.45) is 7.62. The Morgan fingerprint density at radius 2 is 1.30 bits per heavy atom. The average molecular weight is 350 g/mol. The van der Waals surface area contributed by atoms with E-state index in [9.17, 15) is 9.32 Å². The summed E-state index contributed by atoms with van der Waals surface area (Å²) in [6.45, 7) is -0.0826. The summed E-state index contributed by atoms with van der Waals surface area (Å²) in [4.78, 5) is 0. The minimum absolute atomic E-state index is 0.0826. The van der Waals surface area contributed by atoms with Crippen molar-refractivity contribution in [3.63, 3.8) is 0 Å². The molecule has 0 aliphatic heterocycles. The lowest BCUT2D eigenvalue weighted by atomic mass is 9.66. The van der Waals surface area contributed by atoms with Gasteiger partial charge in [0.25, 0.3) is 0 Å². The standard InChI is InChI=1S/C16H30O6S/c1-20-14-7-3-12(4-8-14)16(17,11-22-23(18)19)13-5-9-15(21-2)10-6-13/h12-15,17H,3-11H2,1-2H3,(H,18,19). The van der Waals surface area contributed by atoms with Crippen LogP contribution in [0.1, 0.15) is 51.4 Å². The molecule has 2 rings (SSSR count). The highest BCUT2D eigenvalue weighted by molar-refractivity contribution is 7.74. The first-order chi connectivity index (χ1) is 11.0. The SMILES string of the molecule is COC1CCC(C(O)(COS(=O)O)C2CCC(OC)CC2)CC1. The Bertz CT molecular complexity index is 351. The van der Waals surface area contributed by atoms with Gasteiger partial charge in [0.1, 0.15) is 0 Å². The van der Waals surface area contributed by atoms with Crippen molar-refractivity contribution in [1.29, 1.82) is 0 Å². The first kappa shape index (κ1) is 19.3. The molecular formula is C16H30O6S. The largest absolute Gasteiger partial charge is 0.387 e. The van der Waals surface area contributed by atoms with Gasteiger partial charge in [-0.15, -0.1) is 0 Å². The number of hydrogen-bond donors (Lipinski definition) is 2. The Labute approximate surface area is 141 Å². The molecule has 0 radical (unpaired) electrons. The van der Waals surface area contributed by atoms with E-state index in [0.717, 1.165) is 51.4 Å². The second-order valence-corrected chi connectivity index (χ2v) is 7.56. The minimum Gasteiger partial charge on any atom is -0.387 e. The van der Waals surface area contributed by atoms with Crippen molar-refractivity contribution in [2.24, 2.45) is 11.8 Å². The Kier molecular flexibility index (Phi) is 7.44. The van der Waals surface area contributed by atoms with Crippen LogP contribution in [0.25, 0.3) is 0 Å². The van der Waals surface area contributed by atoms with Gasteiger partial charge < -0.3 is 14.6 Å². The lowest BCUT2D eigenvalue weighted by Gasteiger charge is -2.46. The summed E-state index contributed by atoms with van der Waals surface area (Å²) in [5, 5.41) is 11.4. The van der Waals surface area contributed by atoms with Crippen LogP contribution >= 0.6 is 0 Å². The van der Waals surface area contributed by atoms with Crippen molar-refractivity contribution in [3.05, 3.63) is 0 Å². The topological polar surface area (TPSA) is 85.2 Å². The molecule has 0 aromatic rings. The minimum atomic E-state index is -2.35. The molecule has 2 aliphatic carbocycles. The fourth-order valence-electron chi connectivity index (χ4n) is 4.31. The predicted molar refractivity (Wildman–Crippen MR) is 87.2 cm³/mol. The summed E-state index contributed by atoms with van der Waals surface area (Å²) in [6, 6.07) is 0. The third-order valence-corrected chi connectivity index (χ3v) is 6.14. The predicted octanol–water partition coefficient (Wildman–Crippen LogP) is 2.28. The van der Waals surface area contributed by atoms with Crippen LogP contribution in [0.15, 0.2) is 0 Å². The Balaban J connectivity index is 2.04. The highest BCUT2D eigenvalue weighted by Gasteiger charge is 2.46. The zero-order valence-electron chi connectivity index (χ0n) is 14.1. The molecule has 6 nitrogen and oxygen atoms in total. The molecule has 0 amide bonds. The zero-order chi connectivity index (χ0) is 16.9. The van der Waals surface area contributed by atoms with Gasteiger partial charge in [0, 0.05) is 14.2 Å². The fraction of sp³-hybridized carbons (Fsp3) is 1.00. The molecule has 2 aliphatic rings. The van der Waals surface area contributed by atoms with Crippen LogP contribution in [0.4, 0.5) is 0 Å². The van der Waals surface area contributed by atoms with Crippen molar-refractivity contribution in [1.82, 2.24) is 0 Å². The fourth-order valence-corrected chi connectivity index (χ4v) is 4.60. The molecule has 0 bridgehead atoms. The van der Waals surface area contributed by atoms with Crippen LogP contribution in [-0.2, 0) is 25.0 Å². The highest BCUT2D eigenvalue weighted by atomic mass is 32.2. The lowest BCUT2D eigenvalue weighted by molar-refractivity contribution is -0.130. The van der Waals surface area contributed by atoms with E-state index in [0.29, 0.717) is 0 Å². The van der Waals surface area contributed by atoms with Crippen molar-refractivity contribution >= 4 is 11.4 Å². The van der Waals surface area contributed by atoms with Crippen LogP contribution in [0.3, 0.4) is 0 Å². The van der Waals surface area contributed by atoms with Gasteiger partial charge in [-0.2, -0.15) is 4.21 Å². The van der Waals surface area contributed by atoms with Gasteiger partial charge in [0.2, 0.25) is 0 Å². The summed E-state index contributed by atoms with van der Waals surface area (Å²) < 4.78 is 35.7. The Morgan fingerprint density at radius 3 is 1.61 bits per heavy atom. The smallest absolute Gasteiger partial charge is 0.301 e. The van der Waals surface area contributed by atoms with E-state index in [-0.39, 0.29) is 30.7 Å². The first-order valence-electron chi connectivity index (χ1n) is 8.51. The van der Waals surface area contributed by atoms with Gasteiger partial charge in [-0.05, 0) is 63.2 Å². The molecule has 2 saturated carbocycles. The number of methoxy groups -OCH3 is 2. The van der Waals surface area contributed by atoms with E-state index < -0.39 is 17.0 Å². The molecule has 2 N–H and O–H groups in total. The first-order valence-corrected chi connectivity index (χ1v) is 9.54. The molecule has 136 valence electrons. The quantitative estimate of drug-likeness (QED) is 0.685. The van der Waals surface area contributed by atoms with Gasteiger partial charge in [0.05, 0.1) is 24.4 Å². The Morgan fingerprint density at radius 1 is 0.913 bits per heavy atom. The van der Waals surface area contributed by atoms with Crippen molar-refractivity contribution in [2.75, 3.05) is 20.8 Å². The second-order valence-electron chi connectivity index (χ2n) is 6.89. The lowest BCUT2D eigenvalue weighted by Crippen LogP contribution is -2.52. The van der Waals surface area contributed by atoms with Gasteiger partial charge >= 0.3 is 11.4 Å².